The second-order valence-electron chi connectivity index (χ2n) is 4.37. The van der Waals surface area contributed by atoms with Gasteiger partial charge in [-0.25, -0.2) is 10.8 Å². The number of anilines is 2. The zero-order chi connectivity index (χ0) is 15.3. The zero-order valence-corrected chi connectivity index (χ0v) is 11.6. The van der Waals surface area contributed by atoms with E-state index in [0.717, 1.165) is 0 Å². The number of hydrazine groups is 1. The van der Waals surface area contributed by atoms with Crippen molar-refractivity contribution >= 4 is 23.2 Å². The third-order valence-electron chi connectivity index (χ3n) is 2.79. The molecule has 0 saturated carbocycles. The number of nitrogens with one attached hydrogen (secondary N) is 2. The molecular formula is C11H18N6O3. The van der Waals surface area contributed by atoms with Crippen molar-refractivity contribution < 1.29 is 9.72 Å². The Morgan fingerprint density at radius 2 is 2.25 bits per heavy atom. The molecule has 0 radical (unpaired) electrons. The van der Waals surface area contributed by atoms with E-state index >= 15 is 0 Å². The summed E-state index contributed by atoms with van der Waals surface area (Å²) in [6.07, 6.45) is 0. The summed E-state index contributed by atoms with van der Waals surface area (Å²) in [5.41, 5.74) is 2.16. The lowest BCUT2D eigenvalue weighted by Gasteiger charge is -2.21. The maximum atomic E-state index is 11.5. The molecule has 4 N–H and O–H groups in total. The van der Waals surface area contributed by atoms with Crippen molar-refractivity contribution in [2.75, 3.05) is 31.0 Å². The number of nitrogens with zero attached hydrogens (tertiary/aromatic N) is 3. The number of hydrogen-bond acceptors (Lipinski definition) is 7. The van der Waals surface area contributed by atoms with Crippen molar-refractivity contribution in [2.45, 2.75) is 6.92 Å². The van der Waals surface area contributed by atoms with Crippen LogP contribution >= 0.6 is 0 Å². The Kier molecular flexibility index (Phi) is 5.21. The Bertz CT molecular complexity index is 507. The minimum atomic E-state index is -0.526. The van der Waals surface area contributed by atoms with E-state index < -0.39 is 4.92 Å². The Labute approximate surface area is 116 Å². The fourth-order valence-corrected chi connectivity index (χ4v) is 1.71. The lowest BCUT2D eigenvalue weighted by molar-refractivity contribution is -0.384. The van der Waals surface area contributed by atoms with E-state index in [0.29, 0.717) is 12.4 Å². The second kappa shape index (κ2) is 6.66. The number of nitrogens with two attached hydrogens (primary N) is 1. The molecule has 1 aromatic heterocycles. The van der Waals surface area contributed by atoms with Crippen molar-refractivity contribution in [3.8, 4) is 0 Å². The molecule has 0 fully saturated rings. The van der Waals surface area contributed by atoms with Gasteiger partial charge < -0.3 is 15.6 Å². The maximum Gasteiger partial charge on any atom is 0.276 e. The van der Waals surface area contributed by atoms with Gasteiger partial charge in [0, 0.05) is 20.6 Å². The summed E-state index contributed by atoms with van der Waals surface area (Å²) in [6, 6.07) is 2.57. The van der Waals surface area contributed by atoms with Crippen LogP contribution < -0.4 is 21.5 Å². The van der Waals surface area contributed by atoms with Gasteiger partial charge in [-0.3, -0.25) is 14.9 Å². The van der Waals surface area contributed by atoms with E-state index in [1.54, 1.807) is 25.9 Å². The van der Waals surface area contributed by atoms with Crippen LogP contribution in [0.3, 0.4) is 0 Å². The SMILES string of the molecule is CNC(=O)C(C)CN(C)c1cc([N+](=O)[O-])cc(NN)n1. The van der Waals surface area contributed by atoms with Gasteiger partial charge in [-0.05, 0) is 0 Å². The van der Waals surface area contributed by atoms with Crippen LogP contribution in [0.1, 0.15) is 6.92 Å². The van der Waals surface area contributed by atoms with E-state index in [1.807, 2.05) is 0 Å². The molecule has 1 unspecified atom stereocenters. The number of carbonyl (C=O) groups excluding carboxylic acids is 1. The third kappa shape index (κ3) is 3.79. The summed E-state index contributed by atoms with van der Waals surface area (Å²) in [5, 5.41) is 13.4. The van der Waals surface area contributed by atoms with Gasteiger partial charge in [0.2, 0.25) is 5.91 Å². The van der Waals surface area contributed by atoms with Crippen LogP contribution in [0.4, 0.5) is 17.3 Å². The maximum absolute atomic E-state index is 11.5. The van der Waals surface area contributed by atoms with E-state index in [-0.39, 0.29) is 23.3 Å². The number of pyridine rings is 1. The molecule has 0 spiro atoms. The monoisotopic (exact) mass is 282 g/mol. The first kappa shape index (κ1) is 15.6. The molecule has 110 valence electrons. The Morgan fingerprint density at radius 1 is 1.60 bits per heavy atom. The number of hydrogen-bond donors (Lipinski definition) is 3. The third-order valence-corrected chi connectivity index (χ3v) is 2.79. The van der Waals surface area contributed by atoms with Crippen LogP contribution in [-0.4, -0.2) is 36.5 Å². The van der Waals surface area contributed by atoms with Crippen molar-refractivity contribution in [3.05, 3.63) is 22.2 Å². The fraction of sp³-hybridized carbons (Fsp3) is 0.455. The molecule has 1 rings (SSSR count). The minimum Gasteiger partial charge on any atom is -0.359 e. The van der Waals surface area contributed by atoms with Crippen molar-refractivity contribution in [1.82, 2.24) is 10.3 Å². The summed E-state index contributed by atoms with van der Waals surface area (Å²) < 4.78 is 0. The smallest absolute Gasteiger partial charge is 0.276 e. The van der Waals surface area contributed by atoms with Gasteiger partial charge in [0.05, 0.1) is 23.0 Å². The molecule has 1 atom stereocenters. The van der Waals surface area contributed by atoms with Gasteiger partial charge in [0.25, 0.3) is 5.69 Å². The minimum absolute atomic E-state index is 0.112. The molecular weight excluding hydrogens is 264 g/mol. The predicted molar refractivity (Wildman–Crippen MR) is 75.2 cm³/mol. The Balaban J connectivity index is 2.97. The molecule has 0 aliphatic heterocycles. The van der Waals surface area contributed by atoms with Gasteiger partial charge in [0.1, 0.15) is 11.6 Å². The molecule has 1 heterocycles. The quantitative estimate of drug-likeness (QED) is 0.383. The van der Waals surface area contributed by atoms with Gasteiger partial charge in [-0.2, -0.15) is 0 Å². The summed E-state index contributed by atoms with van der Waals surface area (Å²) >= 11 is 0. The van der Waals surface area contributed by atoms with Gasteiger partial charge >= 0.3 is 0 Å². The summed E-state index contributed by atoms with van der Waals surface area (Å²) in [6.45, 7) is 2.13. The van der Waals surface area contributed by atoms with Crippen LogP contribution in [0, 0.1) is 16.0 Å². The Hall–Kier alpha value is -2.42. The number of rotatable bonds is 6. The normalized spacial score (nSPS) is 11.6. The van der Waals surface area contributed by atoms with Gasteiger partial charge in [-0.1, -0.05) is 6.92 Å². The number of amides is 1. The molecule has 9 nitrogen and oxygen atoms in total. The molecule has 20 heavy (non-hydrogen) atoms. The molecule has 9 heteroatoms. The molecule has 0 saturated heterocycles. The lowest BCUT2D eigenvalue weighted by Crippen LogP contribution is -2.34. The highest BCUT2D eigenvalue weighted by Crippen LogP contribution is 2.22. The van der Waals surface area contributed by atoms with Crippen molar-refractivity contribution in [2.24, 2.45) is 11.8 Å². The molecule has 1 amide bonds. The van der Waals surface area contributed by atoms with E-state index in [4.69, 9.17) is 5.84 Å². The molecule has 0 aromatic carbocycles. The van der Waals surface area contributed by atoms with Crippen molar-refractivity contribution in [3.63, 3.8) is 0 Å². The van der Waals surface area contributed by atoms with Crippen LogP contribution in [0.25, 0.3) is 0 Å². The summed E-state index contributed by atoms with van der Waals surface area (Å²) in [5.74, 6) is 5.40. The van der Waals surface area contributed by atoms with E-state index in [9.17, 15) is 14.9 Å². The topological polar surface area (TPSA) is 126 Å². The standard InChI is InChI=1S/C11H18N6O3/c1-7(11(18)13-2)6-16(3)10-5-8(17(19)20)4-9(14-10)15-12/h4-5,7H,6,12H2,1-3H3,(H,13,18)(H,14,15). The van der Waals surface area contributed by atoms with Gasteiger partial charge in [-0.15, -0.1) is 0 Å². The first-order chi connectivity index (χ1) is 9.38. The largest absolute Gasteiger partial charge is 0.359 e. The first-order valence-corrected chi connectivity index (χ1v) is 5.94. The predicted octanol–water partition coefficient (Wildman–Crippen LogP) is 0.0937. The number of carbonyl (C=O) groups is 1. The highest BCUT2D eigenvalue weighted by molar-refractivity contribution is 5.78. The average Bonchev–Trinajstić information content (AvgIpc) is 2.45. The van der Waals surface area contributed by atoms with Crippen LogP contribution in [0.2, 0.25) is 0 Å². The number of aromatic nitrogens is 1. The van der Waals surface area contributed by atoms with Crippen LogP contribution in [0.15, 0.2) is 12.1 Å². The Morgan fingerprint density at radius 3 is 2.75 bits per heavy atom. The zero-order valence-electron chi connectivity index (χ0n) is 11.6. The van der Waals surface area contributed by atoms with Gasteiger partial charge in [0.15, 0.2) is 0 Å². The second-order valence-corrected chi connectivity index (χ2v) is 4.37. The molecule has 0 aliphatic carbocycles. The summed E-state index contributed by atoms with van der Waals surface area (Å²) in [7, 11) is 3.26. The molecule has 0 bridgehead atoms. The molecule has 0 aliphatic rings. The van der Waals surface area contributed by atoms with Crippen molar-refractivity contribution in [1.29, 1.82) is 0 Å². The average molecular weight is 282 g/mol. The fourth-order valence-electron chi connectivity index (χ4n) is 1.71. The highest BCUT2D eigenvalue weighted by atomic mass is 16.6. The highest BCUT2D eigenvalue weighted by Gasteiger charge is 2.17. The first-order valence-electron chi connectivity index (χ1n) is 5.94. The number of nitrogen functional groups attached to an aromatic ring is 1. The molecule has 1 aromatic rings. The van der Waals surface area contributed by atoms with Crippen LogP contribution in [-0.2, 0) is 4.79 Å². The summed E-state index contributed by atoms with van der Waals surface area (Å²) in [4.78, 5) is 27.6. The number of nitro groups is 1. The lowest BCUT2D eigenvalue weighted by atomic mass is 10.1. The van der Waals surface area contributed by atoms with E-state index in [1.165, 1.54) is 12.1 Å². The van der Waals surface area contributed by atoms with Crippen LogP contribution in [0.5, 0.6) is 0 Å². The van der Waals surface area contributed by atoms with E-state index in [2.05, 4.69) is 15.7 Å².